The molecule has 0 aliphatic carbocycles. The highest BCUT2D eigenvalue weighted by atomic mass is 16.6. The van der Waals surface area contributed by atoms with Crippen LogP contribution in [0.2, 0.25) is 0 Å². The van der Waals surface area contributed by atoms with Gasteiger partial charge in [0.25, 0.3) is 5.91 Å². The van der Waals surface area contributed by atoms with Crippen molar-refractivity contribution in [3.05, 3.63) is 24.3 Å². The van der Waals surface area contributed by atoms with E-state index < -0.39 is 12.1 Å². The second-order valence-corrected chi connectivity index (χ2v) is 5.15. The molecule has 114 valence electrons. The van der Waals surface area contributed by atoms with Gasteiger partial charge in [0.2, 0.25) is 6.10 Å². The average Bonchev–Trinajstić information content (AvgIpc) is 2.50. The predicted molar refractivity (Wildman–Crippen MR) is 75.4 cm³/mol. The highest BCUT2D eigenvalue weighted by molar-refractivity contribution is 5.81. The fraction of sp³-hybridized carbons (Fsp3) is 0.467. The molecule has 1 aliphatic heterocycles. The number of aliphatic carboxylic acids is 1. The van der Waals surface area contributed by atoms with Gasteiger partial charge in [-0.05, 0) is 24.5 Å². The minimum atomic E-state index is -0.825. The van der Waals surface area contributed by atoms with Crippen LogP contribution in [-0.2, 0) is 9.59 Å². The molecule has 2 atom stereocenters. The zero-order chi connectivity index (χ0) is 15.2. The summed E-state index contributed by atoms with van der Waals surface area (Å²) in [5.41, 5.74) is 0. The van der Waals surface area contributed by atoms with Gasteiger partial charge in [0, 0.05) is 13.0 Å². The minimum Gasteiger partial charge on any atom is -0.485 e. The lowest BCUT2D eigenvalue weighted by Gasteiger charge is -2.26. The van der Waals surface area contributed by atoms with Gasteiger partial charge >= 0.3 is 5.97 Å². The molecule has 6 heteroatoms. The van der Waals surface area contributed by atoms with Crippen molar-refractivity contribution in [2.75, 3.05) is 13.2 Å². The third-order valence-corrected chi connectivity index (χ3v) is 3.28. The number of carbonyl (C=O) groups excluding carboxylic acids is 1. The van der Waals surface area contributed by atoms with Crippen LogP contribution >= 0.6 is 0 Å². The molecule has 1 aromatic rings. The van der Waals surface area contributed by atoms with Crippen molar-refractivity contribution in [2.45, 2.75) is 25.9 Å². The molecule has 2 N–H and O–H groups in total. The number of nitrogens with one attached hydrogen (secondary N) is 1. The van der Waals surface area contributed by atoms with Crippen LogP contribution in [0.1, 0.15) is 19.8 Å². The number of carbonyl (C=O) groups is 2. The lowest BCUT2D eigenvalue weighted by atomic mass is 10.1. The molecule has 0 saturated carbocycles. The molecule has 0 aromatic heterocycles. The van der Waals surface area contributed by atoms with Crippen molar-refractivity contribution in [2.24, 2.45) is 5.92 Å². The molecule has 1 aromatic carbocycles. The van der Waals surface area contributed by atoms with Crippen LogP contribution in [0.3, 0.4) is 0 Å². The Balaban J connectivity index is 1.78. The summed E-state index contributed by atoms with van der Waals surface area (Å²) in [4.78, 5) is 22.5. The number of hydrogen-bond acceptors (Lipinski definition) is 4. The maximum Gasteiger partial charge on any atom is 0.303 e. The third-order valence-electron chi connectivity index (χ3n) is 3.28. The second-order valence-electron chi connectivity index (χ2n) is 5.15. The van der Waals surface area contributed by atoms with Gasteiger partial charge in [-0.25, -0.2) is 0 Å². The van der Waals surface area contributed by atoms with Gasteiger partial charge in [-0.3, -0.25) is 9.59 Å². The van der Waals surface area contributed by atoms with Gasteiger partial charge in [0.15, 0.2) is 11.5 Å². The highest BCUT2D eigenvalue weighted by Crippen LogP contribution is 2.30. The SMILES string of the molecule is CC(CCC(=O)O)CNC(=O)C1COc2ccccc2O1. The first-order valence-electron chi connectivity index (χ1n) is 6.94. The van der Waals surface area contributed by atoms with E-state index in [0.717, 1.165) is 0 Å². The van der Waals surface area contributed by atoms with Crippen molar-refractivity contribution in [3.63, 3.8) is 0 Å². The molecule has 0 bridgehead atoms. The topological polar surface area (TPSA) is 84.9 Å². The van der Waals surface area contributed by atoms with Crippen molar-refractivity contribution >= 4 is 11.9 Å². The fourth-order valence-corrected chi connectivity index (χ4v) is 2.01. The van der Waals surface area contributed by atoms with Crippen LogP contribution in [0.4, 0.5) is 0 Å². The van der Waals surface area contributed by atoms with Gasteiger partial charge in [-0.15, -0.1) is 0 Å². The molecule has 2 rings (SSSR count). The largest absolute Gasteiger partial charge is 0.485 e. The second kappa shape index (κ2) is 6.97. The number of amides is 1. The zero-order valence-corrected chi connectivity index (χ0v) is 11.9. The van der Waals surface area contributed by atoms with Crippen LogP contribution in [0.5, 0.6) is 11.5 Å². The summed E-state index contributed by atoms with van der Waals surface area (Å²) >= 11 is 0. The third kappa shape index (κ3) is 4.37. The normalized spacial score (nSPS) is 17.9. The van der Waals surface area contributed by atoms with E-state index in [1.165, 1.54) is 0 Å². The van der Waals surface area contributed by atoms with Gasteiger partial charge < -0.3 is 19.9 Å². The standard InChI is InChI=1S/C15H19NO5/c1-10(6-7-14(17)18)8-16-15(19)13-9-20-11-4-2-3-5-12(11)21-13/h2-5,10,13H,6-9H2,1H3,(H,16,19)(H,17,18). The highest BCUT2D eigenvalue weighted by Gasteiger charge is 2.27. The molecule has 1 amide bonds. The van der Waals surface area contributed by atoms with E-state index in [1.54, 1.807) is 12.1 Å². The number of para-hydroxylation sites is 2. The van der Waals surface area contributed by atoms with Crippen LogP contribution < -0.4 is 14.8 Å². The summed E-state index contributed by atoms with van der Waals surface area (Å²) < 4.78 is 11.1. The Morgan fingerprint density at radius 1 is 1.38 bits per heavy atom. The van der Waals surface area contributed by atoms with Crippen LogP contribution in [-0.4, -0.2) is 36.2 Å². The van der Waals surface area contributed by atoms with Gasteiger partial charge in [-0.1, -0.05) is 19.1 Å². The molecule has 1 aliphatic rings. The lowest BCUT2D eigenvalue weighted by Crippen LogP contribution is -2.45. The Morgan fingerprint density at radius 3 is 2.81 bits per heavy atom. The fourth-order valence-electron chi connectivity index (χ4n) is 2.01. The van der Waals surface area contributed by atoms with Crippen LogP contribution in [0.15, 0.2) is 24.3 Å². The minimum absolute atomic E-state index is 0.0989. The number of fused-ring (bicyclic) bond motifs is 1. The van der Waals surface area contributed by atoms with Crippen molar-refractivity contribution in [1.82, 2.24) is 5.32 Å². The Kier molecular flexibility index (Phi) is 5.03. The summed E-state index contributed by atoms with van der Waals surface area (Å²) in [7, 11) is 0. The summed E-state index contributed by atoms with van der Waals surface area (Å²) in [6.45, 7) is 2.50. The Hall–Kier alpha value is -2.24. The summed E-state index contributed by atoms with van der Waals surface area (Å²) in [5, 5.41) is 11.4. The Labute approximate surface area is 123 Å². The number of ether oxygens (including phenoxy) is 2. The molecule has 0 fully saturated rings. The molecule has 1 heterocycles. The van der Waals surface area contributed by atoms with Gasteiger partial charge in [-0.2, -0.15) is 0 Å². The van der Waals surface area contributed by atoms with E-state index in [2.05, 4.69) is 5.32 Å². The number of rotatable bonds is 6. The maximum atomic E-state index is 12.0. The summed E-state index contributed by atoms with van der Waals surface area (Å²) in [6.07, 6.45) is -0.0416. The van der Waals surface area contributed by atoms with E-state index in [-0.39, 0.29) is 24.9 Å². The van der Waals surface area contributed by atoms with E-state index in [9.17, 15) is 9.59 Å². The monoisotopic (exact) mass is 293 g/mol. The smallest absolute Gasteiger partial charge is 0.303 e. The van der Waals surface area contributed by atoms with Crippen molar-refractivity contribution < 1.29 is 24.2 Å². The van der Waals surface area contributed by atoms with Crippen molar-refractivity contribution in [1.29, 1.82) is 0 Å². The molecule has 0 spiro atoms. The van der Waals surface area contributed by atoms with E-state index >= 15 is 0 Å². The molecule has 0 radical (unpaired) electrons. The first kappa shape index (κ1) is 15.2. The van der Waals surface area contributed by atoms with E-state index in [1.807, 2.05) is 19.1 Å². The summed E-state index contributed by atoms with van der Waals surface area (Å²) in [6, 6.07) is 7.20. The van der Waals surface area contributed by atoms with Crippen LogP contribution in [0.25, 0.3) is 0 Å². The van der Waals surface area contributed by atoms with Crippen molar-refractivity contribution in [3.8, 4) is 11.5 Å². The number of hydrogen-bond donors (Lipinski definition) is 2. The number of benzene rings is 1. The first-order valence-corrected chi connectivity index (χ1v) is 6.94. The van der Waals surface area contributed by atoms with Gasteiger partial charge in [0.05, 0.1) is 0 Å². The molecule has 21 heavy (non-hydrogen) atoms. The zero-order valence-electron chi connectivity index (χ0n) is 11.9. The molecule has 0 saturated heterocycles. The average molecular weight is 293 g/mol. The quantitative estimate of drug-likeness (QED) is 0.829. The molecule has 6 nitrogen and oxygen atoms in total. The van der Waals surface area contributed by atoms with E-state index in [0.29, 0.717) is 24.5 Å². The maximum absolute atomic E-state index is 12.0. The molecular formula is C15H19NO5. The van der Waals surface area contributed by atoms with Gasteiger partial charge in [0.1, 0.15) is 6.61 Å². The van der Waals surface area contributed by atoms with E-state index in [4.69, 9.17) is 14.6 Å². The van der Waals surface area contributed by atoms with Crippen LogP contribution in [0, 0.1) is 5.92 Å². The molecule has 2 unspecified atom stereocenters. The number of carboxylic acid groups (broad SMARTS) is 1. The number of carboxylic acids is 1. The Bertz CT molecular complexity index is 517. The Morgan fingerprint density at radius 2 is 2.10 bits per heavy atom. The lowest BCUT2D eigenvalue weighted by molar-refractivity contribution is -0.137. The molecular weight excluding hydrogens is 274 g/mol. The first-order chi connectivity index (χ1) is 10.1. The predicted octanol–water partition coefficient (Wildman–Crippen LogP) is 1.44. The summed E-state index contributed by atoms with van der Waals surface area (Å²) in [5.74, 6) is 0.224.